The molecule has 0 spiro atoms. The summed E-state index contributed by atoms with van der Waals surface area (Å²) in [7, 11) is 4.04. The fourth-order valence-electron chi connectivity index (χ4n) is 2.43. The van der Waals surface area contributed by atoms with Gasteiger partial charge in [0.15, 0.2) is 5.82 Å². The number of anilines is 1. The first-order chi connectivity index (χ1) is 11.5. The Labute approximate surface area is 141 Å². The van der Waals surface area contributed by atoms with Gasteiger partial charge in [0.25, 0.3) is 5.95 Å². The van der Waals surface area contributed by atoms with Gasteiger partial charge < -0.3 is 4.90 Å². The highest BCUT2D eigenvalue weighted by atomic mass is 15.5. The number of aryl methyl sites for hydroxylation is 3. The molecule has 0 atom stereocenters. The number of aromatic nitrogens is 5. The van der Waals surface area contributed by atoms with Gasteiger partial charge in [-0.3, -0.25) is 0 Å². The quantitative estimate of drug-likeness (QED) is 0.691. The Kier molecular flexibility index (Phi) is 4.16. The van der Waals surface area contributed by atoms with Gasteiger partial charge in [-0.25, -0.2) is 4.68 Å². The van der Waals surface area contributed by atoms with Crippen molar-refractivity contribution in [2.75, 3.05) is 19.0 Å². The molecule has 0 saturated heterocycles. The molecule has 3 rings (SSSR count). The summed E-state index contributed by atoms with van der Waals surface area (Å²) in [6.45, 7) is 5.80. The Hall–Kier alpha value is -2.96. The summed E-state index contributed by atoms with van der Waals surface area (Å²) in [6.07, 6.45) is 1.80. The van der Waals surface area contributed by atoms with Gasteiger partial charge in [0.1, 0.15) is 0 Å². The van der Waals surface area contributed by atoms with Crippen molar-refractivity contribution in [2.24, 2.45) is 5.10 Å². The zero-order chi connectivity index (χ0) is 17.3. The van der Waals surface area contributed by atoms with Gasteiger partial charge in [-0.1, -0.05) is 12.1 Å². The van der Waals surface area contributed by atoms with Crippen LogP contribution in [0.5, 0.6) is 0 Å². The first-order valence-electron chi connectivity index (χ1n) is 7.73. The Bertz CT molecular complexity index is 869. The van der Waals surface area contributed by atoms with Crippen LogP contribution in [-0.2, 0) is 0 Å². The minimum absolute atomic E-state index is 0.583. The largest absolute Gasteiger partial charge is 0.378 e. The fourth-order valence-corrected chi connectivity index (χ4v) is 2.43. The third-order valence-electron chi connectivity index (χ3n) is 3.71. The number of nitrogens with zero attached hydrogens (tertiary/aromatic N) is 7. The summed E-state index contributed by atoms with van der Waals surface area (Å²) in [5.74, 6) is 1.29. The van der Waals surface area contributed by atoms with Gasteiger partial charge in [0, 0.05) is 25.5 Å². The van der Waals surface area contributed by atoms with Gasteiger partial charge in [-0.2, -0.15) is 14.9 Å². The number of rotatable bonds is 4. The molecule has 0 radical (unpaired) electrons. The molecule has 0 amide bonds. The van der Waals surface area contributed by atoms with E-state index < -0.39 is 0 Å². The predicted molar refractivity (Wildman–Crippen MR) is 95.1 cm³/mol. The van der Waals surface area contributed by atoms with Gasteiger partial charge in [-0.05, 0) is 44.5 Å². The lowest BCUT2D eigenvalue weighted by Gasteiger charge is -2.11. The highest BCUT2D eigenvalue weighted by Crippen LogP contribution is 2.13. The normalized spacial score (nSPS) is 11.4. The molecule has 7 nitrogen and oxygen atoms in total. The Morgan fingerprint density at radius 1 is 1.04 bits per heavy atom. The van der Waals surface area contributed by atoms with E-state index in [1.165, 1.54) is 0 Å². The summed E-state index contributed by atoms with van der Waals surface area (Å²) < 4.78 is 3.45. The predicted octanol–water partition coefficient (Wildman–Crippen LogP) is 2.34. The van der Waals surface area contributed by atoms with Crippen molar-refractivity contribution in [3.63, 3.8) is 0 Å². The summed E-state index contributed by atoms with van der Waals surface area (Å²) >= 11 is 0. The highest BCUT2D eigenvalue weighted by Gasteiger charge is 2.13. The zero-order valence-electron chi connectivity index (χ0n) is 14.6. The molecule has 0 aliphatic carbocycles. The van der Waals surface area contributed by atoms with E-state index >= 15 is 0 Å². The smallest absolute Gasteiger partial charge is 0.273 e. The molecule has 0 unspecified atom stereocenters. The lowest BCUT2D eigenvalue weighted by atomic mass is 10.2. The van der Waals surface area contributed by atoms with Crippen LogP contribution in [0, 0.1) is 20.8 Å². The molecule has 2 heterocycles. The maximum atomic E-state index is 4.53. The Morgan fingerprint density at radius 3 is 2.33 bits per heavy atom. The van der Waals surface area contributed by atoms with Gasteiger partial charge in [-0.15, -0.1) is 10.2 Å². The van der Waals surface area contributed by atoms with E-state index in [4.69, 9.17) is 0 Å². The third kappa shape index (κ3) is 3.05. The van der Waals surface area contributed by atoms with E-state index in [2.05, 4.69) is 37.4 Å². The van der Waals surface area contributed by atoms with E-state index in [1.807, 2.05) is 53.1 Å². The lowest BCUT2D eigenvalue weighted by Crippen LogP contribution is -2.08. The van der Waals surface area contributed by atoms with Crippen molar-refractivity contribution in [1.29, 1.82) is 0 Å². The summed E-state index contributed by atoms with van der Waals surface area (Å²) in [6, 6.07) is 10.2. The molecule has 24 heavy (non-hydrogen) atoms. The van der Waals surface area contributed by atoms with E-state index in [-0.39, 0.29) is 0 Å². The van der Waals surface area contributed by atoms with E-state index in [1.54, 1.807) is 15.6 Å². The van der Waals surface area contributed by atoms with Crippen LogP contribution in [0.15, 0.2) is 35.4 Å². The van der Waals surface area contributed by atoms with Crippen molar-refractivity contribution in [3.8, 4) is 5.95 Å². The summed E-state index contributed by atoms with van der Waals surface area (Å²) in [5, 5.41) is 17.3. The molecule has 0 aliphatic rings. The number of hydrogen-bond donors (Lipinski definition) is 0. The highest BCUT2D eigenvalue weighted by molar-refractivity contribution is 5.80. The fraction of sp³-hybridized carbons (Fsp3) is 0.294. The minimum Gasteiger partial charge on any atom is -0.378 e. The van der Waals surface area contributed by atoms with Crippen LogP contribution >= 0.6 is 0 Å². The third-order valence-corrected chi connectivity index (χ3v) is 3.71. The van der Waals surface area contributed by atoms with Crippen LogP contribution in [0.3, 0.4) is 0 Å². The van der Waals surface area contributed by atoms with Gasteiger partial charge in [0.2, 0.25) is 0 Å². The molecule has 3 aromatic rings. The van der Waals surface area contributed by atoms with Crippen LogP contribution < -0.4 is 4.90 Å². The van der Waals surface area contributed by atoms with E-state index in [9.17, 15) is 0 Å². The van der Waals surface area contributed by atoms with Crippen LogP contribution in [-0.4, -0.2) is 45.0 Å². The molecule has 124 valence electrons. The SMILES string of the molecule is Cc1cc(C)n(-c2nnc(C)n2/N=C/c2ccc(N(C)C)cc2)n1. The van der Waals surface area contributed by atoms with E-state index in [0.717, 1.165) is 22.6 Å². The van der Waals surface area contributed by atoms with E-state index in [0.29, 0.717) is 11.8 Å². The average molecular weight is 323 g/mol. The second-order valence-corrected chi connectivity index (χ2v) is 5.93. The standard InChI is InChI=1S/C17H21N7/c1-12-10-13(2)23(21-12)17-20-19-14(3)24(17)18-11-15-6-8-16(9-7-15)22(4)5/h6-11H,1-5H3/b18-11+. The first-order valence-corrected chi connectivity index (χ1v) is 7.73. The van der Waals surface area contributed by atoms with Gasteiger partial charge >= 0.3 is 0 Å². The maximum Gasteiger partial charge on any atom is 0.273 e. The summed E-state index contributed by atoms with van der Waals surface area (Å²) in [5.41, 5.74) is 4.08. The molecule has 0 aliphatic heterocycles. The zero-order valence-corrected chi connectivity index (χ0v) is 14.6. The molecule has 2 aromatic heterocycles. The van der Waals surface area contributed by atoms with Crippen molar-refractivity contribution >= 4 is 11.9 Å². The maximum absolute atomic E-state index is 4.53. The van der Waals surface area contributed by atoms with Crippen molar-refractivity contribution in [1.82, 2.24) is 24.7 Å². The van der Waals surface area contributed by atoms with Crippen LogP contribution in [0.25, 0.3) is 5.95 Å². The monoisotopic (exact) mass is 323 g/mol. The second kappa shape index (κ2) is 6.27. The number of hydrogen-bond acceptors (Lipinski definition) is 5. The Morgan fingerprint density at radius 2 is 1.75 bits per heavy atom. The molecule has 0 fully saturated rings. The molecule has 0 N–H and O–H groups in total. The van der Waals surface area contributed by atoms with Gasteiger partial charge in [0.05, 0.1) is 11.9 Å². The van der Waals surface area contributed by atoms with Crippen LogP contribution in [0.4, 0.5) is 5.69 Å². The molecule has 1 aromatic carbocycles. The van der Waals surface area contributed by atoms with Crippen molar-refractivity contribution < 1.29 is 0 Å². The topological polar surface area (TPSA) is 64.1 Å². The second-order valence-electron chi connectivity index (χ2n) is 5.93. The average Bonchev–Trinajstić information content (AvgIpc) is 3.07. The molecule has 7 heteroatoms. The lowest BCUT2D eigenvalue weighted by molar-refractivity contribution is 0.708. The Balaban J connectivity index is 1.93. The molecular formula is C17H21N7. The van der Waals surface area contributed by atoms with Crippen molar-refractivity contribution in [2.45, 2.75) is 20.8 Å². The first kappa shape index (κ1) is 15.9. The van der Waals surface area contributed by atoms with Crippen molar-refractivity contribution in [3.05, 3.63) is 53.1 Å². The van der Waals surface area contributed by atoms with Crippen LogP contribution in [0.1, 0.15) is 22.8 Å². The molecule has 0 bridgehead atoms. The van der Waals surface area contributed by atoms with Crippen LogP contribution in [0.2, 0.25) is 0 Å². The molecular weight excluding hydrogens is 302 g/mol. The number of benzene rings is 1. The molecule has 0 saturated carbocycles. The summed E-state index contributed by atoms with van der Waals surface area (Å²) in [4.78, 5) is 2.06. The minimum atomic E-state index is 0.583.